The topological polar surface area (TPSA) is 90.2 Å². The third-order valence-corrected chi connectivity index (χ3v) is 4.19. The summed E-state index contributed by atoms with van der Waals surface area (Å²) in [5, 5.41) is 15.2. The molecule has 0 saturated carbocycles. The summed E-state index contributed by atoms with van der Waals surface area (Å²) in [5.41, 5.74) is 2.28. The van der Waals surface area contributed by atoms with Crippen molar-refractivity contribution in [3.63, 3.8) is 0 Å². The number of nitrogens with one attached hydrogen (secondary N) is 1. The molecule has 2 aromatic carbocycles. The molecule has 0 atom stereocenters. The lowest BCUT2D eigenvalue weighted by Crippen LogP contribution is -2.04. The molecule has 1 heterocycles. The molecule has 0 aliphatic carbocycles. The zero-order valence-corrected chi connectivity index (χ0v) is 15.5. The number of aromatic nitrogens is 2. The minimum absolute atomic E-state index is 0.0422. The third-order valence-electron chi connectivity index (χ3n) is 3.96. The molecule has 1 N–H and O–H groups in total. The van der Waals surface area contributed by atoms with Crippen LogP contribution in [0.5, 0.6) is 11.6 Å². The highest BCUT2D eigenvalue weighted by atomic mass is 35.5. The highest BCUT2D eigenvalue weighted by Gasteiger charge is 2.25. The van der Waals surface area contributed by atoms with Crippen molar-refractivity contribution in [3.05, 3.63) is 75.1 Å². The maximum Gasteiger partial charge on any atom is 0.373 e. The van der Waals surface area contributed by atoms with Crippen LogP contribution in [0.15, 0.2) is 48.8 Å². The molecule has 0 unspecified atom stereocenters. The van der Waals surface area contributed by atoms with Crippen LogP contribution in [-0.2, 0) is 6.42 Å². The number of hydrogen-bond acceptors (Lipinski definition) is 6. The van der Waals surface area contributed by atoms with Crippen LogP contribution < -0.4 is 10.1 Å². The summed E-state index contributed by atoms with van der Waals surface area (Å²) < 4.78 is 5.64. The zero-order valence-electron chi connectivity index (χ0n) is 14.8. The Morgan fingerprint density at radius 3 is 2.56 bits per heavy atom. The molecule has 27 heavy (non-hydrogen) atoms. The van der Waals surface area contributed by atoms with Crippen LogP contribution in [0.3, 0.4) is 0 Å². The first-order valence-electron chi connectivity index (χ1n) is 8.27. The number of hydrogen-bond donors (Lipinski definition) is 1. The van der Waals surface area contributed by atoms with Crippen molar-refractivity contribution in [2.45, 2.75) is 20.3 Å². The Bertz CT molecular complexity index is 977. The summed E-state index contributed by atoms with van der Waals surface area (Å²) in [6.45, 7) is 3.88. The fraction of sp³-hybridized carbons (Fsp3) is 0.158. The lowest BCUT2D eigenvalue weighted by atomic mass is 10.2. The normalized spacial score (nSPS) is 10.5. The number of nitro groups is 1. The molecule has 0 amide bonds. The van der Waals surface area contributed by atoms with E-state index in [1.807, 2.05) is 26.0 Å². The van der Waals surface area contributed by atoms with Gasteiger partial charge in [0, 0.05) is 10.7 Å². The second-order valence-corrected chi connectivity index (χ2v) is 6.25. The monoisotopic (exact) mass is 384 g/mol. The van der Waals surface area contributed by atoms with E-state index in [4.69, 9.17) is 16.3 Å². The molecule has 7 nitrogen and oxygen atoms in total. The van der Waals surface area contributed by atoms with Crippen LogP contribution in [0.25, 0.3) is 0 Å². The number of anilines is 2. The van der Waals surface area contributed by atoms with Crippen LogP contribution >= 0.6 is 11.6 Å². The van der Waals surface area contributed by atoms with Gasteiger partial charge in [0.1, 0.15) is 12.1 Å². The molecule has 8 heteroatoms. The molecular weight excluding hydrogens is 368 g/mol. The van der Waals surface area contributed by atoms with Gasteiger partial charge in [0.15, 0.2) is 0 Å². The maximum absolute atomic E-state index is 11.6. The summed E-state index contributed by atoms with van der Waals surface area (Å²) >= 11 is 5.96. The van der Waals surface area contributed by atoms with Gasteiger partial charge in [-0.05, 0) is 54.8 Å². The number of rotatable bonds is 6. The van der Waals surface area contributed by atoms with Gasteiger partial charge in [0.25, 0.3) is 0 Å². The summed E-state index contributed by atoms with van der Waals surface area (Å²) in [6, 6.07) is 12.5. The smallest absolute Gasteiger partial charge is 0.373 e. The number of ether oxygens (including phenoxy) is 1. The highest BCUT2D eigenvalue weighted by molar-refractivity contribution is 6.30. The zero-order chi connectivity index (χ0) is 19.4. The second-order valence-electron chi connectivity index (χ2n) is 5.82. The molecule has 0 saturated heterocycles. The van der Waals surface area contributed by atoms with E-state index in [9.17, 15) is 10.1 Å². The van der Waals surface area contributed by atoms with Gasteiger partial charge in [0.05, 0.1) is 4.92 Å². The lowest BCUT2D eigenvalue weighted by Gasteiger charge is -2.11. The van der Waals surface area contributed by atoms with E-state index in [0.717, 1.165) is 17.5 Å². The van der Waals surface area contributed by atoms with E-state index in [1.165, 1.54) is 6.33 Å². The van der Waals surface area contributed by atoms with Crippen LogP contribution in [0.2, 0.25) is 5.02 Å². The van der Waals surface area contributed by atoms with Crippen molar-refractivity contribution in [3.8, 4) is 11.6 Å². The first-order chi connectivity index (χ1) is 13.0. The van der Waals surface area contributed by atoms with Crippen molar-refractivity contribution in [1.82, 2.24) is 9.97 Å². The second kappa shape index (κ2) is 8.01. The van der Waals surface area contributed by atoms with Gasteiger partial charge in [-0.1, -0.05) is 30.7 Å². The minimum atomic E-state index is -0.566. The van der Waals surface area contributed by atoms with Crippen LogP contribution in [0.1, 0.15) is 18.1 Å². The maximum atomic E-state index is 11.6. The Labute approximate surface area is 161 Å². The summed E-state index contributed by atoms with van der Waals surface area (Å²) in [5.74, 6) is 0.372. The molecule has 0 spiro atoms. The standard InChI is InChI=1S/C19H17ClN4O3/c1-3-13-4-7-15(8-5-13)27-19-17(24(25)26)18(21-11-22-19)23-16-9-6-14(20)10-12(16)2/h4-11H,3H2,1-2H3,(H,21,22,23). The summed E-state index contributed by atoms with van der Waals surface area (Å²) in [4.78, 5) is 19.0. The minimum Gasteiger partial charge on any atom is -0.434 e. The SMILES string of the molecule is CCc1ccc(Oc2ncnc(Nc3ccc(Cl)cc3C)c2[N+](=O)[O-])cc1. The predicted molar refractivity (Wildman–Crippen MR) is 104 cm³/mol. The predicted octanol–water partition coefficient (Wildman–Crippen LogP) is 5.44. The van der Waals surface area contributed by atoms with Gasteiger partial charge in [-0.15, -0.1) is 0 Å². The van der Waals surface area contributed by atoms with Gasteiger partial charge in [-0.2, -0.15) is 4.98 Å². The highest BCUT2D eigenvalue weighted by Crippen LogP contribution is 2.36. The first kappa shape index (κ1) is 18.6. The molecule has 0 aliphatic heterocycles. The van der Waals surface area contributed by atoms with E-state index in [2.05, 4.69) is 15.3 Å². The van der Waals surface area contributed by atoms with Gasteiger partial charge >= 0.3 is 11.6 Å². The van der Waals surface area contributed by atoms with E-state index < -0.39 is 4.92 Å². The van der Waals surface area contributed by atoms with Crippen molar-refractivity contribution >= 4 is 28.8 Å². The molecule has 1 aromatic heterocycles. The fourth-order valence-corrected chi connectivity index (χ4v) is 2.72. The van der Waals surface area contributed by atoms with Crippen LogP contribution in [0, 0.1) is 17.0 Å². The Balaban J connectivity index is 1.95. The lowest BCUT2D eigenvalue weighted by molar-refractivity contribution is -0.385. The largest absolute Gasteiger partial charge is 0.434 e. The molecule has 3 aromatic rings. The Hall–Kier alpha value is -3.19. The average molecular weight is 385 g/mol. The number of halogens is 1. The molecule has 0 aliphatic rings. The van der Waals surface area contributed by atoms with Crippen molar-refractivity contribution in [2.75, 3.05) is 5.32 Å². The Morgan fingerprint density at radius 2 is 1.93 bits per heavy atom. The van der Waals surface area contributed by atoms with Crippen LogP contribution in [0.4, 0.5) is 17.2 Å². The molecule has 0 bridgehead atoms. The molecular formula is C19H17ClN4O3. The molecule has 3 rings (SSSR count). The van der Waals surface area contributed by atoms with Crippen molar-refractivity contribution in [2.24, 2.45) is 0 Å². The quantitative estimate of drug-likeness (QED) is 0.449. The summed E-state index contributed by atoms with van der Waals surface area (Å²) in [6.07, 6.45) is 2.11. The molecule has 0 radical (unpaired) electrons. The first-order valence-corrected chi connectivity index (χ1v) is 8.65. The van der Waals surface area contributed by atoms with Gasteiger partial charge < -0.3 is 10.1 Å². The van der Waals surface area contributed by atoms with Gasteiger partial charge in [0.2, 0.25) is 5.82 Å². The van der Waals surface area contributed by atoms with Gasteiger partial charge in [-0.25, -0.2) is 4.98 Å². The van der Waals surface area contributed by atoms with E-state index >= 15 is 0 Å². The fourth-order valence-electron chi connectivity index (χ4n) is 2.49. The number of benzene rings is 2. The third kappa shape index (κ3) is 4.32. The average Bonchev–Trinajstić information content (AvgIpc) is 2.64. The van der Waals surface area contributed by atoms with Crippen molar-refractivity contribution in [1.29, 1.82) is 0 Å². The van der Waals surface area contributed by atoms with E-state index in [-0.39, 0.29) is 17.4 Å². The summed E-state index contributed by atoms with van der Waals surface area (Å²) in [7, 11) is 0. The molecule has 138 valence electrons. The van der Waals surface area contributed by atoms with E-state index in [0.29, 0.717) is 16.5 Å². The Kier molecular flexibility index (Phi) is 5.52. The number of nitrogens with zero attached hydrogens (tertiary/aromatic N) is 3. The number of aryl methyl sites for hydroxylation is 2. The Morgan fingerprint density at radius 1 is 1.19 bits per heavy atom. The van der Waals surface area contributed by atoms with Crippen molar-refractivity contribution < 1.29 is 9.66 Å². The van der Waals surface area contributed by atoms with Crippen LogP contribution in [-0.4, -0.2) is 14.9 Å². The van der Waals surface area contributed by atoms with E-state index in [1.54, 1.807) is 30.3 Å². The van der Waals surface area contributed by atoms with Gasteiger partial charge in [-0.3, -0.25) is 10.1 Å². The molecule has 0 fully saturated rings.